The topological polar surface area (TPSA) is 66.4 Å². The molecule has 2 rings (SSSR count). The lowest BCUT2D eigenvalue weighted by molar-refractivity contribution is -0.150. The number of carbonyl (C=O) groups excluding carboxylic acids is 1. The molecule has 1 amide bonds. The summed E-state index contributed by atoms with van der Waals surface area (Å²) in [4.78, 5) is 23.4. The molecule has 1 fully saturated rings. The van der Waals surface area contributed by atoms with Crippen molar-refractivity contribution < 1.29 is 14.7 Å². The molecule has 6 heteroatoms. The van der Waals surface area contributed by atoms with Crippen LogP contribution in [0.25, 0.3) is 0 Å². The molecule has 0 heterocycles. The number of nitrogens with one attached hydrogen (secondary N) is 1. The molecule has 108 valence electrons. The minimum atomic E-state index is -0.916. The number of hydrogen-bond donors (Lipinski definition) is 2. The standard InChI is InChI=1S/C14H15Cl2NO3/c15-10-4-3-9(7-11(10)16)17-12(18)8-14(13(19)20)5-1-2-6-14/h3-4,7H,1-2,5-6,8H2,(H,17,18)(H,19,20). The van der Waals surface area contributed by atoms with E-state index in [2.05, 4.69) is 5.32 Å². The number of anilines is 1. The Balaban J connectivity index is 2.04. The van der Waals surface area contributed by atoms with E-state index in [0.29, 0.717) is 28.6 Å². The molecular formula is C14H15Cl2NO3. The zero-order valence-corrected chi connectivity index (χ0v) is 12.3. The SMILES string of the molecule is O=C(CC1(C(=O)O)CCCC1)Nc1ccc(Cl)c(Cl)c1. The zero-order chi connectivity index (χ0) is 14.8. The molecule has 0 unspecified atom stereocenters. The average Bonchev–Trinajstić information content (AvgIpc) is 2.83. The first kappa shape index (κ1) is 15.1. The molecule has 1 aromatic carbocycles. The minimum Gasteiger partial charge on any atom is -0.481 e. The van der Waals surface area contributed by atoms with E-state index in [4.69, 9.17) is 23.2 Å². The van der Waals surface area contributed by atoms with Crippen LogP contribution in [-0.2, 0) is 9.59 Å². The number of benzene rings is 1. The number of carboxylic acids is 1. The van der Waals surface area contributed by atoms with Crippen LogP contribution in [0.4, 0.5) is 5.69 Å². The first-order chi connectivity index (χ1) is 9.43. The number of halogens is 2. The Labute approximate surface area is 127 Å². The Bertz CT molecular complexity index is 539. The molecular weight excluding hydrogens is 301 g/mol. The van der Waals surface area contributed by atoms with Crippen molar-refractivity contribution >= 4 is 40.8 Å². The van der Waals surface area contributed by atoms with Crippen LogP contribution < -0.4 is 5.32 Å². The van der Waals surface area contributed by atoms with E-state index in [1.54, 1.807) is 18.2 Å². The summed E-state index contributed by atoms with van der Waals surface area (Å²) in [5.74, 6) is -1.20. The summed E-state index contributed by atoms with van der Waals surface area (Å²) in [6.45, 7) is 0. The van der Waals surface area contributed by atoms with Crippen molar-refractivity contribution in [2.75, 3.05) is 5.32 Å². The van der Waals surface area contributed by atoms with Gasteiger partial charge in [-0.2, -0.15) is 0 Å². The molecule has 1 aromatic rings. The number of carbonyl (C=O) groups is 2. The summed E-state index contributed by atoms with van der Waals surface area (Å²) < 4.78 is 0. The first-order valence-electron chi connectivity index (χ1n) is 6.41. The molecule has 1 aliphatic rings. The fourth-order valence-corrected chi connectivity index (χ4v) is 2.90. The van der Waals surface area contributed by atoms with Crippen LogP contribution in [0.5, 0.6) is 0 Å². The van der Waals surface area contributed by atoms with Gasteiger partial charge in [-0.1, -0.05) is 36.0 Å². The summed E-state index contributed by atoms with van der Waals surface area (Å²) in [6.07, 6.45) is 2.80. The highest BCUT2D eigenvalue weighted by molar-refractivity contribution is 6.42. The molecule has 20 heavy (non-hydrogen) atoms. The lowest BCUT2D eigenvalue weighted by Crippen LogP contribution is -2.32. The largest absolute Gasteiger partial charge is 0.481 e. The van der Waals surface area contributed by atoms with Gasteiger partial charge in [-0.15, -0.1) is 0 Å². The quantitative estimate of drug-likeness (QED) is 0.883. The van der Waals surface area contributed by atoms with Gasteiger partial charge in [0.1, 0.15) is 0 Å². The van der Waals surface area contributed by atoms with Crippen molar-refractivity contribution in [2.24, 2.45) is 5.41 Å². The monoisotopic (exact) mass is 315 g/mol. The molecule has 4 nitrogen and oxygen atoms in total. The number of rotatable bonds is 4. The third-order valence-electron chi connectivity index (χ3n) is 3.72. The molecule has 0 aliphatic heterocycles. The summed E-state index contributed by atoms with van der Waals surface area (Å²) in [5.41, 5.74) is -0.400. The lowest BCUT2D eigenvalue weighted by Gasteiger charge is -2.22. The number of aliphatic carboxylic acids is 1. The third kappa shape index (κ3) is 3.25. The lowest BCUT2D eigenvalue weighted by atomic mass is 9.82. The summed E-state index contributed by atoms with van der Waals surface area (Å²) in [7, 11) is 0. The molecule has 0 saturated heterocycles. The van der Waals surface area contributed by atoms with Gasteiger partial charge in [-0.05, 0) is 31.0 Å². The van der Waals surface area contributed by atoms with Crippen molar-refractivity contribution in [1.29, 1.82) is 0 Å². The smallest absolute Gasteiger partial charge is 0.310 e. The van der Waals surface area contributed by atoms with Gasteiger partial charge >= 0.3 is 5.97 Å². The fraction of sp³-hybridized carbons (Fsp3) is 0.429. The first-order valence-corrected chi connectivity index (χ1v) is 7.17. The molecule has 2 N–H and O–H groups in total. The third-order valence-corrected chi connectivity index (χ3v) is 4.46. The van der Waals surface area contributed by atoms with Gasteiger partial charge in [0.15, 0.2) is 0 Å². The maximum Gasteiger partial charge on any atom is 0.310 e. The molecule has 1 saturated carbocycles. The van der Waals surface area contributed by atoms with Crippen LogP contribution in [0.3, 0.4) is 0 Å². The van der Waals surface area contributed by atoms with Crippen molar-refractivity contribution in [1.82, 2.24) is 0 Å². The van der Waals surface area contributed by atoms with Crippen LogP contribution in [-0.4, -0.2) is 17.0 Å². The highest BCUT2D eigenvalue weighted by Crippen LogP contribution is 2.41. The van der Waals surface area contributed by atoms with Crippen molar-refractivity contribution in [3.63, 3.8) is 0 Å². The van der Waals surface area contributed by atoms with Crippen LogP contribution in [0.15, 0.2) is 18.2 Å². The number of carboxylic acid groups (broad SMARTS) is 1. The summed E-state index contributed by atoms with van der Waals surface area (Å²) >= 11 is 11.7. The highest BCUT2D eigenvalue weighted by Gasteiger charge is 2.42. The number of amides is 1. The van der Waals surface area contributed by atoms with E-state index in [1.807, 2.05) is 0 Å². The van der Waals surface area contributed by atoms with E-state index in [-0.39, 0.29) is 12.3 Å². The van der Waals surface area contributed by atoms with Gasteiger partial charge in [0, 0.05) is 12.1 Å². The van der Waals surface area contributed by atoms with E-state index in [1.165, 1.54) is 0 Å². The highest BCUT2D eigenvalue weighted by atomic mass is 35.5. The molecule has 0 radical (unpaired) electrons. The maximum absolute atomic E-state index is 12.0. The van der Waals surface area contributed by atoms with E-state index in [9.17, 15) is 14.7 Å². The normalized spacial score (nSPS) is 16.9. The molecule has 0 spiro atoms. The van der Waals surface area contributed by atoms with Gasteiger partial charge in [0.25, 0.3) is 0 Å². The summed E-state index contributed by atoms with van der Waals surface area (Å²) in [6, 6.07) is 4.76. The van der Waals surface area contributed by atoms with Gasteiger partial charge in [0.2, 0.25) is 5.91 Å². The van der Waals surface area contributed by atoms with Gasteiger partial charge in [-0.3, -0.25) is 9.59 Å². The van der Waals surface area contributed by atoms with Gasteiger partial charge < -0.3 is 10.4 Å². The predicted molar refractivity (Wildman–Crippen MR) is 78.2 cm³/mol. The van der Waals surface area contributed by atoms with Crippen LogP contribution >= 0.6 is 23.2 Å². The predicted octanol–water partition coefficient (Wildman–Crippen LogP) is 3.97. The Morgan fingerprint density at radius 2 is 1.85 bits per heavy atom. The second-order valence-electron chi connectivity index (χ2n) is 5.15. The molecule has 1 aliphatic carbocycles. The van der Waals surface area contributed by atoms with E-state index >= 15 is 0 Å². The minimum absolute atomic E-state index is 0.0113. The van der Waals surface area contributed by atoms with Crippen LogP contribution in [0.2, 0.25) is 10.0 Å². The number of hydrogen-bond acceptors (Lipinski definition) is 2. The fourth-order valence-electron chi connectivity index (χ4n) is 2.60. The van der Waals surface area contributed by atoms with Crippen LogP contribution in [0.1, 0.15) is 32.1 Å². The summed E-state index contributed by atoms with van der Waals surface area (Å²) in [5, 5.41) is 12.8. The zero-order valence-electron chi connectivity index (χ0n) is 10.8. The molecule has 0 aromatic heterocycles. The van der Waals surface area contributed by atoms with E-state index in [0.717, 1.165) is 12.8 Å². The second kappa shape index (κ2) is 6.02. The average molecular weight is 316 g/mol. The van der Waals surface area contributed by atoms with Crippen molar-refractivity contribution in [3.8, 4) is 0 Å². The van der Waals surface area contributed by atoms with Gasteiger partial charge in [0.05, 0.1) is 15.5 Å². The Kier molecular flexibility index (Phi) is 4.55. The molecule has 0 bridgehead atoms. The van der Waals surface area contributed by atoms with Crippen molar-refractivity contribution in [2.45, 2.75) is 32.1 Å². The Morgan fingerprint density at radius 1 is 1.20 bits per heavy atom. The Morgan fingerprint density at radius 3 is 2.40 bits per heavy atom. The maximum atomic E-state index is 12.0. The molecule has 0 atom stereocenters. The van der Waals surface area contributed by atoms with E-state index < -0.39 is 11.4 Å². The Hall–Kier alpha value is -1.26. The van der Waals surface area contributed by atoms with Gasteiger partial charge in [-0.25, -0.2) is 0 Å². The van der Waals surface area contributed by atoms with Crippen molar-refractivity contribution in [3.05, 3.63) is 28.2 Å². The van der Waals surface area contributed by atoms with Crippen LogP contribution in [0, 0.1) is 5.41 Å². The second-order valence-corrected chi connectivity index (χ2v) is 5.96.